The number of allylic oxidation sites excluding steroid dienone is 2. The molecule has 0 aliphatic carbocycles. The minimum Gasteiger partial charge on any atom is -0.494 e. The molecule has 5 nitrogen and oxygen atoms in total. The van der Waals surface area contributed by atoms with Crippen LogP contribution in [0.15, 0.2) is 46.4 Å². The molecule has 0 saturated carbocycles. The van der Waals surface area contributed by atoms with Crippen molar-refractivity contribution in [3.8, 4) is 0 Å². The van der Waals surface area contributed by atoms with Gasteiger partial charge < -0.3 is 9.64 Å². The van der Waals surface area contributed by atoms with Gasteiger partial charge in [-0.25, -0.2) is 8.42 Å². The van der Waals surface area contributed by atoms with Crippen LogP contribution in [0, 0.1) is 0 Å². The van der Waals surface area contributed by atoms with Gasteiger partial charge in [-0.05, 0) is 57.0 Å². The molecule has 1 aliphatic heterocycles. The number of sulfone groups is 1. The van der Waals surface area contributed by atoms with Crippen LogP contribution in [0.25, 0.3) is 0 Å². The topological polar surface area (TPSA) is 63.7 Å². The van der Waals surface area contributed by atoms with Gasteiger partial charge in [0.25, 0.3) is 0 Å². The summed E-state index contributed by atoms with van der Waals surface area (Å²) in [6.45, 7) is 10.9. The van der Waals surface area contributed by atoms with Crippen LogP contribution in [0.4, 0.5) is 5.69 Å². The standard InChI is InChI=1S/C18H23NO4S/c1-6-23-13(3)10-14(4)24(21,22)17-7-8-18-16(11-17)9-12(2)19(18)15(5)20/h7-8,10-12H,3,6,9H2,1-2,4-5H3/b14-10+. The molecule has 0 spiro atoms. The predicted octanol–water partition coefficient (Wildman–Crippen LogP) is 3.21. The Labute approximate surface area is 143 Å². The highest BCUT2D eigenvalue weighted by atomic mass is 32.2. The Bertz CT molecular complexity index is 808. The first-order chi connectivity index (χ1) is 11.2. The minimum absolute atomic E-state index is 0.0322. The lowest BCUT2D eigenvalue weighted by molar-refractivity contribution is -0.116. The van der Waals surface area contributed by atoms with E-state index in [1.807, 2.05) is 13.8 Å². The van der Waals surface area contributed by atoms with Gasteiger partial charge in [-0.2, -0.15) is 0 Å². The Morgan fingerprint density at radius 2 is 2.08 bits per heavy atom. The molecule has 0 radical (unpaired) electrons. The molecule has 1 amide bonds. The molecule has 1 aliphatic rings. The van der Waals surface area contributed by atoms with Gasteiger partial charge in [0.2, 0.25) is 15.7 Å². The number of carbonyl (C=O) groups excluding carboxylic acids is 1. The monoisotopic (exact) mass is 349 g/mol. The van der Waals surface area contributed by atoms with Gasteiger partial charge in [0.1, 0.15) is 5.76 Å². The number of amides is 1. The van der Waals surface area contributed by atoms with Crippen molar-refractivity contribution >= 4 is 21.4 Å². The third-order valence-electron chi connectivity index (χ3n) is 4.03. The van der Waals surface area contributed by atoms with Crippen LogP contribution in [0.1, 0.15) is 33.3 Å². The molecule has 0 bridgehead atoms. The number of hydrogen-bond acceptors (Lipinski definition) is 4. The maximum Gasteiger partial charge on any atom is 0.224 e. The molecule has 130 valence electrons. The fraction of sp³-hybridized carbons (Fsp3) is 0.389. The van der Waals surface area contributed by atoms with Gasteiger partial charge in [-0.1, -0.05) is 6.58 Å². The summed E-state index contributed by atoms with van der Waals surface area (Å²) in [5.74, 6) is 0.275. The number of rotatable bonds is 5. The second-order valence-electron chi connectivity index (χ2n) is 5.89. The van der Waals surface area contributed by atoms with Crippen LogP contribution in [-0.2, 0) is 25.8 Å². The number of nitrogens with zero attached hydrogens (tertiary/aromatic N) is 1. The zero-order valence-electron chi connectivity index (χ0n) is 14.5. The van der Waals surface area contributed by atoms with Crippen molar-refractivity contribution in [3.05, 3.63) is 47.1 Å². The van der Waals surface area contributed by atoms with Crippen LogP contribution in [0.2, 0.25) is 0 Å². The van der Waals surface area contributed by atoms with Crippen molar-refractivity contribution in [2.45, 2.75) is 45.1 Å². The molecule has 0 N–H and O–H groups in total. The van der Waals surface area contributed by atoms with Crippen molar-refractivity contribution in [3.63, 3.8) is 0 Å². The second kappa shape index (κ2) is 6.81. The average Bonchev–Trinajstić information content (AvgIpc) is 2.82. The van der Waals surface area contributed by atoms with Gasteiger partial charge in [0.05, 0.1) is 11.5 Å². The molecular formula is C18H23NO4S. The lowest BCUT2D eigenvalue weighted by Gasteiger charge is -2.20. The molecule has 1 aromatic carbocycles. The van der Waals surface area contributed by atoms with E-state index in [0.29, 0.717) is 18.8 Å². The molecule has 1 atom stereocenters. The van der Waals surface area contributed by atoms with Crippen molar-refractivity contribution in [2.24, 2.45) is 0 Å². The van der Waals surface area contributed by atoms with Crippen molar-refractivity contribution in [2.75, 3.05) is 11.5 Å². The van der Waals surface area contributed by atoms with Crippen LogP contribution in [-0.4, -0.2) is 27.0 Å². The van der Waals surface area contributed by atoms with Crippen molar-refractivity contribution in [1.29, 1.82) is 0 Å². The Kier molecular flexibility index (Phi) is 5.18. The van der Waals surface area contributed by atoms with E-state index >= 15 is 0 Å². The highest BCUT2D eigenvalue weighted by molar-refractivity contribution is 7.95. The number of benzene rings is 1. The Balaban J connectivity index is 2.39. The van der Waals surface area contributed by atoms with E-state index in [2.05, 4.69) is 6.58 Å². The second-order valence-corrected chi connectivity index (χ2v) is 8.01. The Hall–Kier alpha value is -2.08. The van der Waals surface area contributed by atoms with Gasteiger partial charge in [0, 0.05) is 23.6 Å². The summed E-state index contributed by atoms with van der Waals surface area (Å²) < 4.78 is 30.6. The predicted molar refractivity (Wildman–Crippen MR) is 94.5 cm³/mol. The molecule has 1 aromatic rings. The first-order valence-corrected chi connectivity index (χ1v) is 9.34. The van der Waals surface area contributed by atoms with E-state index in [9.17, 15) is 13.2 Å². The summed E-state index contributed by atoms with van der Waals surface area (Å²) in [6, 6.07) is 4.94. The number of ether oxygens (including phenoxy) is 1. The normalized spacial score (nSPS) is 17.6. The van der Waals surface area contributed by atoms with E-state index in [-0.39, 0.29) is 21.7 Å². The smallest absolute Gasteiger partial charge is 0.224 e. The zero-order chi connectivity index (χ0) is 18.1. The quantitative estimate of drug-likeness (QED) is 0.605. The molecule has 6 heteroatoms. The maximum absolute atomic E-state index is 12.7. The summed E-state index contributed by atoms with van der Waals surface area (Å²) in [6.07, 6.45) is 2.07. The van der Waals surface area contributed by atoms with Crippen molar-refractivity contribution in [1.82, 2.24) is 0 Å². The molecule has 0 saturated heterocycles. The SMILES string of the molecule is C=C(/C=C(\C)S(=O)(=O)c1ccc2c(c1)CC(C)N2C(C)=O)OCC. The Morgan fingerprint density at radius 3 is 2.67 bits per heavy atom. The van der Waals surface area contributed by atoms with E-state index in [1.54, 1.807) is 23.1 Å². The summed E-state index contributed by atoms with van der Waals surface area (Å²) in [5, 5.41) is 0. The lowest BCUT2D eigenvalue weighted by Crippen LogP contribution is -2.33. The zero-order valence-corrected chi connectivity index (χ0v) is 15.3. The van der Waals surface area contributed by atoms with Gasteiger partial charge in [-0.15, -0.1) is 0 Å². The average molecular weight is 349 g/mol. The van der Waals surface area contributed by atoms with Crippen molar-refractivity contribution < 1.29 is 17.9 Å². The minimum atomic E-state index is -3.61. The summed E-state index contributed by atoms with van der Waals surface area (Å²) in [7, 11) is -3.61. The molecule has 24 heavy (non-hydrogen) atoms. The van der Waals surface area contributed by atoms with Crippen LogP contribution in [0.3, 0.4) is 0 Å². The number of fused-ring (bicyclic) bond motifs is 1. The molecule has 0 aromatic heterocycles. The highest BCUT2D eigenvalue weighted by Gasteiger charge is 2.30. The number of hydrogen-bond donors (Lipinski definition) is 0. The molecular weight excluding hydrogens is 326 g/mol. The van der Waals surface area contributed by atoms with Crippen LogP contribution in [0.5, 0.6) is 0 Å². The fourth-order valence-electron chi connectivity index (χ4n) is 2.97. The third-order valence-corrected chi connectivity index (χ3v) is 5.87. The summed E-state index contributed by atoms with van der Waals surface area (Å²) in [5.41, 5.74) is 1.66. The van der Waals surface area contributed by atoms with Gasteiger partial charge in [-0.3, -0.25) is 4.79 Å². The van der Waals surface area contributed by atoms with E-state index in [1.165, 1.54) is 19.9 Å². The number of carbonyl (C=O) groups is 1. The van der Waals surface area contributed by atoms with E-state index < -0.39 is 9.84 Å². The van der Waals surface area contributed by atoms with Crippen LogP contribution >= 0.6 is 0 Å². The Morgan fingerprint density at radius 1 is 1.42 bits per heavy atom. The molecule has 1 unspecified atom stereocenters. The molecule has 1 heterocycles. The fourth-order valence-corrected chi connectivity index (χ4v) is 4.17. The third kappa shape index (κ3) is 3.38. The van der Waals surface area contributed by atoms with Gasteiger partial charge >= 0.3 is 0 Å². The first-order valence-electron chi connectivity index (χ1n) is 7.86. The summed E-state index contributed by atoms with van der Waals surface area (Å²) >= 11 is 0. The lowest BCUT2D eigenvalue weighted by atomic mass is 10.1. The van der Waals surface area contributed by atoms with Gasteiger partial charge in [0.15, 0.2) is 0 Å². The first kappa shape index (κ1) is 18.3. The molecule has 2 rings (SSSR count). The number of anilines is 1. The maximum atomic E-state index is 12.7. The largest absolute Gasteiger partial charge is 0.494 e. The van der Waals surface area contributed by atoms with Crippen LogP contribution < -0.4 is 4.90 Å². The molecule has 0 fully saturated rings. The highest BCUT2D eigenvalue weighted by Crippen LogP contribution is 2.35. The van der Waals surface area contributed by atoms with E-state index in [4.69, 9.17) is 4.74 Å². The summed E-state index contributed by atoms with van der Waals surface area (Å²) in [4.78, 5) is 13.9. The van der Waals surface area contributed by atoms with E-state index in [0.717, 1.165) is 11.3 Å².